The highest BCUT2D eigenvalue weighted by atomic mass is 35.5. The summed E-state index contributed by atoms with van der Waals surface area (Å²) in [5.41, 5.74) is -0.623. The molecule has 136 valence electrons. The van der Waals surface area contributed by atoms with Crippen molar-refractivity contribution in [3.63, 3.8) is 0 Å². The van der Waals surface area contributed by atoms with Gasteiger partial charge < -0.3 is 0 Å². The summed E-state index contributed by atoms with van der Waals surface area (Å²) in [6, 6.07) is 7.73. The second-order valence-corrected chi connectivity index (χ2v) is 6.84. The zero-order chi connectivity index (χ0) is 18.9. The highest BCUT2D eigenvalue weighted by Gasteiger charge is 2.31. The molecule has 0 aliphatic rings. The van der Waals surface area contributed by atoms with Crippen molar-refractivity contribution in [1.29, 1.82) is 0 Å². The highest BCUT2D eigenvalue weighted by molar-refractivity contribution is 7.99. The van der Waals surface area contributed by atoms with Crippen molar-refractivity contribution >= 4 is 34.3 Å². The van der Waals surface area contributed by atoms with Gasteiger partial charge >= 0.3 is 6.18 Å². The highest BCUT2D eigenvalue weighted by Crippen LogP contribution is 2.35. The molecular weight excluding hydrogens is 387 g/mol. The molecule has 3 rings (SSSR count). The fourth-order valence-corrected chi connectivity index (χ4v) is 3.53. The summed E-state index contributed by atoms with van der Waals surface area (Å²) in [7, 11) is 0. The van der Waals surface area contributed by atoms with Crippen molar-refractivity contribution < 1.29 is 13.2 Å². The van der Waals surface area contributed by atoms with Gasteiger partial charge in [-0.15, -0.1) is 0 Å². The molecule has 2 aromatic heterocycles. The lowest BCUT2D eigenvalue weighted by atomic mass is 10.2. The Morgan fingerprint density at radius 2 is 2.00 bits per heavy atom. The number of fused-ring (bicyclic) bond motifs is 1. The third-order valence-electron chi connectivity index (χ3n) is 3.60. The molecule has 0 bridgehead atoms. The zero-order valence-corrected chi connectivity index (χ0v) is 15.1. The van der Waals surface area contributed by atoms with Crippen LogP contribution in [0.1, 0.15) is 18.9 Å². The quantitative estimate of drug-likeness (QED) is 0.577. The molecule has 4 nitrogen and oxygen atoms in total. The maximum absolute atomic E-state index is 12.8. The minimum Gasteiger partial charge on any atom is -0.287 e. The van der Waals surface area contributed by atoms with E-state index in [4.69, 9.17) is 11.6 Å². The van der Waals surface area contributed by atoms with Crippen LogP contribution in [0.5, 0.6) is 0 Å². The van der Waals surface area contributed by atoms with E-state index in [1.807, 2.05) is 6.92 Å². The second-order valence-electron chi connectivity index (χ2n) is 5.48. The first-order valence-corrected chi connectivity index (χ1v) is 8.91. The van der Waals surface area contributed by atoms with E-state index >= 15 is 0 Å². The van der Waals surface area contributed by atoms with Crippen molar-refractivity contribution in [1.82, 2.24) is 14.5 Å². The predicted molar refractivity (Wildman–Crippen MR) is 94.7 cm³/mol. The molecule has 0 saturated heterocycles. The topological polar surface area (TPSA) is 47.8 Å². The van der Waals surface area contributed by atoms with Crippen molar-refractivity contribution in [3.8, 4) is 0 Å². The van der Waals surface area contributed by atoms with E-state index in [-0.39, 0.29) is 15.6 Å². The van der Waals surface area contributed by atoms with Crippen molar-refractivity contribution in [2.75, 3.05) is 0 Å². The third-order valence-corrected chi connectivity index (χ3v) is 5.01. The number of para-hydroxylation sites is 1. The van der Waals surface area contributed by atoms with Crippen LogP contribution in [0.3, 0.4) is 0 Å². The van der Waals surface area contributed by atoms with E-state index in [2.05, 4.69) is 9.97 Å². The summed E-state index contributed by atoms with van der Waals surface area (Å²) in [6.45, 7) is 2.34. The fraction of sp³-hybridized carbons (Fsp3) is 0.235. The lowest BCUT2D eigenvalue weighted by Gasteiger charge is -2.13. The van der Waals surface area contributed by atoms with Crippen LogP contribution >= 0.6 is 23.4 Å². The minimum absolute atomic E-state index is 0.143. The fourth-order valence-electron chi connectivity index (χ4n) is 2.39. The van der Waals surface area contributed by atoms with Gasteiger partial charge in [0.15, 0.2) is 5.16 Å². The molecule has 0 spiro atoms. The van der Waals surface area contributed by atoms with Crippen LogP contribution in [-0.2, 0) is 12.7 Å². The predicted octanol–water partition coefficient (Wildman–Crippen LogP) is 5.02. The molecule has 0 aliphatic heterocycles. The Hall–Kier alpha value is -2.06. The molecular formula is C17H13ClF3N3OS. The maximum Gasteiger partial charge on any atom is 0.417 e. The maximum atomic E-state index is 12.8. The number of alkyl halides is 3. The number of halogens is 4. The average Bonchev–Trinajstić information content (AvgIpc) is 2.59. The number of benzene rings is 1. The van der Waals surface area contributed by atoms with Gasteiger partial charge in [0, 0.05) is 12.7 Å². The molecule has 0 unspecified atom stereocenters. The normalized spacial score (nSPS) is 11.9. The Morgan fingerprint density at radius 1 is 1.27 bits per heavy atom. The van der Waals surface area contributed by atoms with Crippen LogP contribution in [-0.4, -0.2) is 14.5 Å². The molecule has 26 heavy (non-hydrogen) atoms. The van der Waals surface area contributed by atoms with Gasteiger partial charge in [-0.3, -0.25) is 9.36 Å². The Bertz CT molecular complexity index is 1020. The molecule has 0 atom stereocenters. The van der Waals surface area contributed by atoms with E-state index in [1.54, 1.807) is 24.3 Å². The molecule has 0 amide bonds. The first-order valence-electron chi connectivity index (χ1n) is 7.71. The van der Waals surface area contributed by atoms with Gasteiger partial charge in [-0.2, -0.15) is 13.2 Å². The monoisotopic (exact) mass is 399 g/mol. The molecule has 1 aromatic carbocycles. The van der Waals surface area contributed by atoms with E-state index < -0.39 is 11.7 Å². The molecule has 0 fully saturated rings. The smallest absolute Gasteiger partial charge is 0.287 e. The summed E-state index contributed by atoms with van der Waals surface area (Å²) in [4.78, 5) is 21.0. The van der Waals surface area contributed by atoms with E-state index in [9.17, 15) is 18.0 Å². The number of hydrogen-bond donors (Lipinski definition) is 0. The number of nitrogens with zero attached hydrogens (tertiary/aromatic N) is 3. The van der Waals surface area contributed by atoms with Crippen LogP contribution in [0.2, 0.25) is 5.02 Å². The lowest BCUT2D eigenvalue weighted by molar-refractivity contribution is -0.137. The molecule has 0 N–H and O–H groups in total. The average molecular weight is 400 g/mol. The Morgan fingerprint density at radius 3 is 2.65 bits per heavy atom. The molecule has 0 aliphatic carbocycles. The van der Waals surface area contributed by atoms with Crippen LogP contribution in [0.15, 0.2) is 51.5 Å². The SMILES string of the molecule is CCCn1c(Sc2ncc(C(F)(F)F)cc2Cl)nc2ccccc2c1=O. The second kappa shape index (κ2) is 7.28. The first-order chi connectivity index (χ1) is 12.3. The van der Waals surface area contributed by atoms with E-state index in [0.717, 1.165) is 24.0 Å². The molecule has 3 aromatic rings. The number of rotatable bonds is 4. The van der Waals surface area contributed by atoms with Crippen LogP contribution < -0.4 is 5.56 Å². The van der Waals surface area contributed by atoms with Gasteiger partial charge in [0.25, 0.3) is 5.56 Å². The molecule has 0 saturated carbocycles. The largest absolute Gasteiger partial charge is 0.417 e. The molecule has 9 heteroatoms. The van der Waals surface area contributed by atoms with Gasteiger partial charge in [-0.25, -0.2) is 9.97 Å². The number of pyridine rings is 1. The third kappa shape index (κ3) is 3.71. The van der Waals surface area contributed by atoms with Crippen LogP contribution in [0.4, 0.5) is 13.2 Å². The molecule has 0 radical (unpaired) electrons. The van der Waals surface area contributed by atoms with Gasteiger partial charge in [0.05, 0.1) is 21.5 Å². The standard InChI is InChI=1S/C17H13ClF3N3OS/c1-2-7-24-15(25)11-5-3-4-6-13(11)23-16(24)26-14-12(18)8-10(9-22-14)17(19,20)21/h3-6,8-9H,2,7H2,1H3. The van der Waals surface area contributed by atoms with Gasteiger partial charge in [-0.05, 0) is 36.4 Å². The van der Waals surface area contributed by atoms with E-state index in [0.29, 0.717) is 29.0 Å². The Labute approximate surface area is 156 Å². The van der Waals surface area contributed by atoms with E-state index in [1.165, 1.54) is 4.57 Å². The zero-order valence-electron chi connectivity index (χ0n) is 13.5. The Balaban J connectivity index is 2.08. The number of hydrogen-bond acceptors (Lipinski definition) is 4. The van der Waals surface area contributed by atoms with Crippen molar-refractivity contribution in [3.05, 3.63) is 57.5 Å². The summed E-state index contributed by atoms with van der Waals surface area (Å²) in [5, 5.41) is 0.837. The summed E-state index contributed by atoms with van der Waals surface area (Å²) >= 11 is 6.94. The minimum atomic E-state index is -4.52. The lowest BCUT2D eigenvalue weighted by Crippen LogP contribution is -2.23. The van der Waals surface area contributed by atoms with Gasteiger partial charge in [-0.1, -0.05) is 30.7 Å². The first kappa shape index (κ1) is 18.7. The van der Waals surface area contributed by atoms with Gasteiger partial charge in [0.2, 0.25) is 0 Å². The van der Waals surface area contributed by atoms with Crippen molar-refractivity contribution in [2.45, 2.75) is 36.2 Å². The van der Waals surface area contributed by atoms with Crippen LogP contribution in [0.25, 0.3) is 10.9 Å². The Kier molecular flexibility index (Phi) is 5.24. The summed E-state index contributed by atoms with van der Waals surface area (Å²) in [6.07, 6.45) is -3.11. The summed E-state index contributed by atoms with van der Waals surface area (Å²) < 4.78 is 39.8. The van der Waals surface area contributed by atoms with Gasteiger partial charge in [0.1, 0.15) is 5.03 Å². The van der Waals surface area contributed by atoms with Crippen molar-refractivity contribution in [2.24, 2.45) is 0 Å². The van der Waals surface area contributed by atoms with Crippen LogP contribution in [0, 0.1) is 0 Å². The summed E-state index contributed by atoms with van der Waals surface area (Å²) in [5.74, 6) is 0. The number of aromatic nitrogens is 3. The molecule has 2 heterocycles.